The molecule has 0 unspecified atom stereocenters. The molecule has 0 bridgehead atoms. The van der Waals surface area contributed by atoms with E-state index < -0.39 is 29.2 Å². The highest BCUT2D eigenvalue weighted by molar-refractivity contribution is 6.39. The summed E-state index contributed by atoms with van der Waals surface area (Å²) in [5.41, 5.74) is -1.63. The zero-order valence-corrected chi connectivity index (χ0v) is 13.4. The number of benzene rings is 1. The van der Waals surface area contributed by atoms with Crippen LogP contribution in [-0.2, 0) is 15.8 Å². The van der Waals surface area contributed by atoms with Crippen molar-refractivity contribution < 1.29 is 22.8 Å². The molecule has 0 saturated carbocycles. The largest absolute Gasteiger partial charge is 0.418 e. The van der Waals surface area contributed by atoms with Crippen molar-refractivity contribution in [3.63, 3.8) is 0 Å². The maximum Gasteiger partial charge on any atom is 0.418 e. The number of carbonyl (C=O) groups is 2. The lowest BCUT2D eigenvalue weighted by Gasteiger charge is -2.14. The van der Waals surface area contributed by atoms with Crippen LogP contribution in [0, 0.1) is 0 Å². The number of carbonyl (C=O) groups excluding carboxylic acids is 2. The van der Waals surface area contributed by atoms with Gasteiger partial charge in [0.25, 0.3) is 0 Å². The number of anilines is 1. The Morgan fingerprint density at radius 3 is 2.43 bits per heavy atom. The number of hydrogen-bond acceptors (Lipinski definition) is 3. The fourth-order valence-corrected chi connectivity index (χ4v) is 1.89. The summed E-state index contributed by atoms with van der Waals surface area (Å²) < 4.78 is 38.7. The number of halogens is 4. The quantitative estimate of drug-likeness (QED) is 0.632. The van der Waals surface area contributed by atoms with E-state index in [1.807, 2.05) is 24.3 Å². The molecule has 0 fully saturated rings. The third-order valence-electron chi connectivity index (χ3n) is 2.81. The summed E-state index contributed by atoms with van der Waals surface area (Å²) in [6, 6.07) is 2.88. The van der Waals surface area contributed by atoms with Crippen LogP contribution in [0.15, 0.2) is 18.2 Å². The third kappa shape index (κ3) is 6.45. The van der Waals surface area contributed by atoms with Gasteiger partial charge in [0, 0.05) is 11.6 Å². The molecule has 1 rings (SSSR count). The Balaban J connectivity index is 2.69. The lowest BCUT2D eigenvalue weighted by Crippen LogP contribution is -2.37. The minimum Gasteiger partial charge on any atom is -0.348 e. The molecule has 5 nitrogen and oxygen atoms in total. The average molecular weight is 352 g/mol. The first-order chi connectivity index (χ1) is 10.6. The van der Waals surface area contributed by atoms with Gasteiger partial charge in [-0.05, 0) is 45.3 Å². The van der Waals surface area contributed by atoms with Crippen LogP contribution in [-0.4, -0.2) is 43.9 Å². The van der Waals surface area contributed by atoms with Crippen molar-refractivity contribution in [2.45, 2.75) is 12.6 Å². The second-order valence-corrected chi connectivity index (χ2v) is 5.49. The highest BCUT2D eigenvalue weighted by Gasteiger charge is 2.34. The second-order valence-electron chi connectivity index (χ2n) is 5.05. The highest BCUT2D eigenvalue weighted by atomic mass is 35.5. The molecule has 0 radical (unpaired) electrons. The van der Waals surface area contributed by atoms with E-state index in [9.17, 15) is 22.8 Å². The summed E-state index contributed by atoms with van der Waals surface area (Å²) in [7, 11) is 3.71. The van der Waals surface area contributed by atoms with Crippen molar-refractivity contribution in [2.75, 3.05) is 32.5 Å². The number of amides is 2. The highest BCUT2D eigenvalue weighted by Crippen LogP contribution is 2.36. The average Bonchev–Trinajstić information content (AvgIpc) is 2.43. The minimum atomic E-state index is -4.70. The van der Waals surface area contributed by atoms with Crippen molar-refractivity contribution in [1.29, 1.82) is 0 Å². The first kappa shape index (κ1) is 19.2. The summed E-state index contributed by atoms with van der Waals surface area (Å²) >= 11 is 5.54. The molecule has 2 amide bonds. The Labute approximate surface area is 136 Å². The summed E-state index contributed by atoms with van der Waals surface area (Å²) in [6.07, 6.45) is -4.09. The van der Waals surface area contributed by atoms with E-state index in [1.165, 1.54) is 6.07 Å². The van der Waals surface area contributed by atoms with E-state index in [2.05, 4.69) is 5.32 Å². The third-order valence-corrected chi connectivity index (χ3v) is 3.04. The summed E-state index contributed by atoms with van der Waals surface area (Å²) in [5, 5.41) is 4.17. The first-order valence-corrected chi connectivity index (χ1v) is 7.09. The van der Waals surface area contributed by atoms with E-state index in [0.29, 0.717) is 19.0 Å². The Kier molecular flexibility index (Phi) is 6.83. The van der Waals surface area contributed by atoms with Gasteiger partial charge in [-0.2, -0.15) is 13.2 Å². The molecule has 0 aliphatic carbocycles. The molecule has 0 aliphatic rings. The molecule has 0 saturated heterocycles. The summed E-state index contributed by atoms with van der Waals surface area (Å²) in [5.74, 6) is -2.16. The van der Waals surface area contributed by atoms with E-state index in [-0.39, 0.29) is 11.6 Å². The van der Waals surface area contributed by atoms with Gasteiger partial charge in [0.15, 0.2) is 0 Å². The Hall–Kier alpha value is -1.80. The van der Waals surface area contributed by atoms with Crippen molar-refractivity contribution >= 4 is 29.1 Å². The van der Waals surface area contributed by atoms with Crippen LogP contribution in [0.25, 0.3) is 0 Å². The first-order valence-electron chi connectivity index (χ1n) is 6.72. The van der Waals surface area contributed by atoms with E-state index in [4.69, 9.17) is 11.6 Å². The molecular formula is C14H17ClF3N3O2. The molecule has 0 aromatic heterocycles. The predicted octanol–water partition coefficient (Wildman–Crippen LogP) is 2.37. The number of nitrogens with one attached hydrogen (secondary N) is 2. The van der Waals surface area contributed by atoms with E-state index in [0.717, 1.165) is 6.07 Å². The van der Waals surface area contributed by atoms with Crippen molar-refractivity contribution in [3.8, 4) is 0 Å². The maximum atomic E-state index is 12.9. The Morgan fingerprint density at radius 2 is 1.87 bits per heavy atom. The van der Waals surface area contributed by atoms with E-state index in [1.54, 1.807) is 0 Å². The number of nitrogens with zero attached hydrogens (tertiary/aromatic N) is 1. The molecule has 9 heteroatoms. The Morgan fingerprint density at radius 1 is 1.22 bits per heavy atom. The lowest BCUT2D eigenvalue weighted by molar-refractivity contribution is -0.138. The van der Waals surface area contributed by atoms with Gasteiger partial charge in [-0.3, -0.25) is 9.59 Å². The van der Waals surface area contributed by atoms with Crippen LogP contribution < -0.4 is 10.6 Å². The van der Waals surface area contributed by atoms with Gasteiger partial charge in [-0.1, -0.05) is 11.6 Å². The smallest absolute Gasteiger partial charge is 0.348 e. The second kappa shape index (κ2) is 8.16. The zero-order chi connectivity index (χ0) is 17.6. The summed E-state index contributed by atoms with van der Waals surface area (Å²) in [6.45, 7) is 0.953. The van der Waals surface area contributed by atoms with Crippen LogP contribution in [0.5, 0.6) is 0 Å². The molecule has 2 N–H and O–H groups in total. The molecule has 1 aromatic carbocycles. The number of alkyl halides is 3. The molecular weight excluding hydrogens is 335 g/mol. The van der Waals surface area contributed by atoms with Gasteiger partial charge in [0.1, 0.15) is 0 Å². The number of rotatable bonds is 5. The molecule has 0 aliphatic heterocycles. The van der Waals surface area contributed by atoms with Crippen LogP contribution in [0.4, 0.5) is 18.9 Å². The molecule has 0 heterocycles. The van der Waals surface area contributed by atoms with Crippen LogP contribution in [0.3, 0.4) is 0 Å². The molecule has 128 valence electrons. The van der Waals surface area contributed by atoms with E-state index >= 15 is 0 Å². The van der Waals surface area contributed by atoms with Crippen LogP contribution in [0.2, 0.25) is 5.02 Å². The Bertz CT molecular complexity index is 577. The van der Waals surface area contributed by atoms with Crippen LogP contribution >= 0.6 is 11.6 Å². The fourth-order valence-electron chi connectivity index (χ4n) is 1.72. The lowest BCUT2D eigenvalue weighted by atomic mass is 10.1. The number of hydrogen-bond donors (Lipinski definition) is 2. The van der Waals surface area contributed by atoms with Crippen molar-refractivity contribution in [3.05, 3.63) is 28.8 Å². The van der Waals surface area contributed by atoms with Gasteiger partial charge in [0.05, 0.1) is 11.3 Å². The molecule has 0 atom stereocenters. The minimum absolute atomic E-state index is 0.122. The molecule has 0 spiro atoms. The topological polar surface area (TPSA) is 61.4 Å². The van der Waals surface area contributed by atoms with Gasteiger partial charge in [0.2, 0.25) is 0 Å². The van der Waals surface area contributed by atoms with Crippen LogP contribution in [0.1, 0.15) is 12.0 Å². The normalized spacial score (nSPS) is 11.4. The van der Waals surface area contributed by atoms with Gasteiger partial charge >= 0.3 is 18.0 Å². The van der Waals surface area contributed by atoms with Gasteiger partial charge < -0.3 is 15.5 Å². The van der Waals surface area contributed by atoms with Crippen molar-refractivity contribution in [1.82, 2.24) is 10.2 Å². The SMILES string of the molecule is CN(C)CCCNC(=O)C(=O)Nc1ccc(Cl)cc1C(F)(F)F. The van der Waals surface area contributed by atoms with Crippen molar-refractivity contribution in [2.24, 2.45) is 0 Å². The zero-order valence-electron chi connectivity index (χ0n) is 12.6. The monoisotopic (exact) mass is 351 g/mol. The maximum absolute atomic E-state index is 12.9. The molecule has 1 aromatic rings. The fraction of sp³-hybridized carbons (Fsp3) is 0.429. The van der Waals surface area contributed by atoms with Gasteiger partial charge in [-0.15, -0.1) is 0 Å². The summed E-state index contributed by atoms with van der Waals surface area (Å²) in [4.78, 5) is 25.1. The predicted molar refractivity (Wildman–Crippen MR) is 81.3 cm³/mol. The molecule has 23 heavy (non-hydrogen) atoms. The van der Waals surface area contributed by atoms with Gasteiger partial charge in [-0.25, -0.2) is 0 Å². The standard InChI is InChI=1S/C14H17ClF3N3O2/c1-21(2)7-3-6-19-12(22)13(23)20-11-5-4-9(15)8-10(11)14(16,17)18/h4-5,8H,3,6-7H2,1-2H3,(H,19,22)(H,20,23).